The molecule has 1 aromatic rings. The lowest BCUT2D eigenvalue weighted by atomic mass is 9.86. The molecule has 1 aromatic heterocycles. The van der Waals surface area contributed by atoms with E-state index in [0.29, 0.717) is 6.04 Å². The van der Waals surface area contributed by atoms with Crippen molar-refractivity contribution in [2.75, 3.05) is 0 Å². The minimum Gasteiger partial charge on any atom is -0.481 e. The van der Waals surface area contributed by atoms with Gasteiger partial charge in [0.1, 0.15) is 5.01 Å². The number of aromatic nitrogens is 1. The van der Waals surface area contributed by atoms with Gasteiger partial charge in [0.15, 0.2) is 0 Å². The third kappa shape index (κ3) is 3.02. The molecular weight excluding hydrogens is 224 g/mol. The lowest BCUT2D eigenvalue weighted by Gasteiger charge is -2.27. The number of rotatable bonds is 4. The first kappa shape index (κ1) is 11.5. The Morgan fingerprint density at radius 1 is 1.62 bits per heavy atom. The molecule has 16 heavy (non-hydrogen) atoms. The van der Waals surface area contributed by atoms with Crippen molar-refractivity contribution in [3.8, 4) is 0 Å². The zero-order valence-corrected chi connectivity index (χ0v) is 9.87. The van der Waals surface area contributed by atoms with Crippen LogP contribution in [-0.4, -0.2) is 22.1 Å². The summed E-state index contributed by atoms with van der Waals surface area (Å²) in [7, 11) is 0. The highest BCUT2D eigenvalue weighted by Crippen LogP contribution is 2.24. The molecule has 0 radical (unpaired) electrons. The molecule has 1 fully saturated rings. The Morgan fingerprint density at radius 2 is 2.50 bits per heavy atom. The van der Waals surface area contributed by atoms with Gasteiger partial charge < -0.3 is 10.4 Å². The van der Waals surface area contributed by atoms with Gasteiger partial charge in [0.2, 0.25) is 0 Å². The van der Waals surface area contributed by atoms with Gasteiger partial charge in [0.05, 0.1) is 5.92 Å². The predicted molar refractivity (Wildman–Crippen MR) is 62.3 cm³/mol. The molecule has 5 heteroatoms. The van der Waals surface area contributed by atoms with Crippen molar-refractivity contribution in [2.24, 2.45) is 5.92 Å². The molecule has 2 unspecified atom stereocenters. The first-order chi connectivity index (χ1) is 7.75. The number of hydrogen-bond donors (Lipinski definition) is 2. The average Bonchev–Trinajstić information content (AvgIpc) is 2.79. The fourth-order valence-corrected chi connectivity index (χ4v) is 2.74. The molecule has 1 aliphatic carbocycles. The Bertz CT molecular complexity index is 340. The summed E-state index contributed by atoms with van der Waals surface area (Å²) in [6.45, 7) is 0.759. The maximum atomic E-state index is 10.9. The van der Waals surface area contributed by atoms with Crippen LogP contribution in [0.1, 0.15) is 30.7 Å². The third-order valence-electron chi connectivity index (χ3n) is 3.05. The fraction of sp³-hybridized carbons (Fsp3) is 0.636. The number of hydrogen-bond acceptors (Lipinski definition) is 4. The van der Waals surface area contributed by atoms with E-state index in [1.807, 2.05) is 5.38 Å². The monoisotopic (exact) mass is 240 g/mol. The normalized spacial score (nSPS) is 25.5. The van der Waals surface area contributed by atoms with E-state index in [1.54, 1.807) is 17.5 Å². The smallest absolute Gasteiger partial charge is 0.306 e. The number of nitrogens with zero attached hydrogens (tertiary/aromatic N) is 1. The highest BCUT2D eigenvalue weighted by molar-refractivity contribution is 7.09. The van der Waals surface area contributed by atoms with Gasteiger partial charge in [-0.3, -0.25) is 4.79 Å². The quantitative estimate of drug-likeness (QED) is 0.843. The standard InChI is InChI=1S/C11H16N2O2S/c14-11(15)8-2-1-3-9(6-8)13-7-10-12-4-5-16-10/h4-5,8-9,13H,1-3,6-7H2,(H,14,15). The van der Waals surface area contributed by atoms with Gasteiger partial charge in [0, 0.05) is 24.2 Å². The lowest BCUT2D eigenvalue weighted by molar-refractivity contribution is -0.143. The van der Waals surface area contributed by atoms with Crippen LogP contribution < -0.4 is 5.32 Å². The molecule has 1 saturated carbocycles. The number of nitrogens with one attached hydrogen (secondary N) is 1. The average molecular weight is 240 g/mol. The molecule has 0 bridgehead atoms. The largest absolute Gasteiger partial charge is 0.481 e. The van der Waals surface area contributed by atoms with Gasteiger partial charge in [-0.2, -0.15) is 0 Å². The van der Waals surface area contributed by atoms with E-state index in [0.717, 1.165) is 37.2 Å². The van der Waals surface area contributed by atoms with Gasteiger partial charge in [0.25, 0.3) is 0 Å². The van der Waals surface area contributed by atoms with Crippen molar-refractivity contribution in [1.29, 1.82) is 0 Å². The van der Waals surface area contributed by atoms with Gasteiger partial charge >= 0.3 is 5.97 Å². The van der Waals surface area contributed by atoms with Crippen LogP contribution in [0.4, 0.5) is 0 Å². The van der Waals surface area contributed by atoms with E-state index >= 15 is 0 Å². The second-order valence-corrected chi connectivity index (χ2v) is 5.18. The van der Waals surface area contributed by atoms with Crippen LogP contribution >= 0.6 is 11.3 Å². The van der Waals surface area contributed by atoms with E-state index in [2.05, 4.69) is 10.3 Å². The second kappa shape index (κ2) is 5.41. The summed E-state index contributed by atoms with van der Waals surface area (Å²) in [5.41, 5.74) is 0. The molecule has 2 N–H and O–H groups in total. The Labute approximate surface area is 98.7 Å². The summed E-state index contributed by atoms with van der Waals surface area (Å²) in [5, 5.41) is 15.4. The van der Waals surface area contributed by atoms with E-state index in [4.69, 9.17) is 5.11 Å². The van der Waals surface area contributed by atoms with Crippen molar-refractivity contribution in [2.45, 2.75) is 38.3 Å². The van der Waals surface area contributed by atoms with E-state index in [-0.39, 0.29) is 5.92 Å². The predicted octanol–water partition coefficient (Wildman–Crippen LogP) is 1.88. The molecule has 4 nitrogen and oxygen atoms in total. The van der Waals surface area contributed by atoms with Crippen molar-refractivity contribution in [3.05, 3.63) is 16.6 Å². The van der Waals surface area contributed by atoms with Gasteiger partial charge in [-0.25, -0.2) is 4.98 Å². The summed E-state index contributed by atoms with van der Waals surface area (Å²) in [6, 6.07) is 0.332. The van der Waals surface area contributed by atoms with Crippen LogP contribution in [0, 0.1) is 5.92 Å². The fourth-order valence-electron chi connectivity index (χ4n) is 2.17. The topological polar surface area (TPSA) is 62.2 Å². The number of thiazole rings is 1. The molecular formula is C11H16N2O2S. The zero-order chi connectivity index (χ0) is 11.4. The number of carboxylic acid groups (broad SMARTS) is 1. The van der Waals surface area contributed by atoms with E-state index in [9.17, 15) is 4.79 Å². The maximum absolute atomic E-state index is 10.9. The highest BCUT2D eigenvalue weighted by atomic mass is 32.1. The molecule has 0 amide bonds. The maximum Gasteiger partial charge on any atom is 0.306 e. The zero-order valence-electron chi connectivity index (χ0n) is 9.06. The van der Waals surface area contributed by atoms with Gasteiger partial charge in [-0.15, -0.1) is 11.3 Å². The molecule has 1 heterocycles. The lowest BCUT2D eigenvalue weighted by Crippen LogP contribution is -2.36. The molecule has 88 valence electrons. The molecule has 2 atom stereocenters. The first-order valence-corrected chi connectivity index (χ1v) is 6.48. The van der Waals surface area contributed by atoms with Crippen LogP contribution in [0.25, 0.3) is 0 Å². The highest BCUT2D eigenvalue weighted by Gasteiger charge is 2.26. The van der Waals surface area contributed by atoms with Crippen LogP contribution in [0.15, 0.2) is 11.6 Å². The summed E-state index contributed by atoms with van der Waals surface area (Å²) >= 11 is 1.63. The Kier molecular flexibility index (Phi) is 3.90. The molecule has 0 spiro atoms. The van der Waals surface area contributed by atoms with Crippen molar-refractivity contribution in [3.63, 3.8) is 0 Å². The van der Waals surface area contributed by atoms with Crippen molar-refractivity contribution >= 4 is 17.3 Å². The summed E-state index contributed by atoms with van der Waals surface area (Å²) < 4.78 is 0. The van der Waals surface area contributed by atoms with Crippen LogP contribution in [-0.2, 0) is 11.3 Å². The number of carbonyl (C=O) groups is 1. The second-order valence-electron chi connectivity index (χ2n) is 4.21. The Balaban J connectivity index is 1.79. The minimum atomic E-state index is -0.652. The Morgan fingerprint density at radius 3 is 3.19 bits per heavy atom. The van der Waals surface area contributed by atoms with Crippen LogP contribution in [0.3, 0.4) is 0 Å². The molecule has 0 aliphatic heterocycles. The third-order valence-corrected chi connectivity index (χ3v) is 3.83. The van der Waals surface area contributed by atoms with Crippen molar-refractivity contribution < 1.29 is 9.90 Å². The Hall–Kier alpha value is -0.940. The molecule has 0 aromatic carbocycles. The van der Waals surface area contributed by atoms with E-state index < -0.39 is 5.97 Å². The van der Waals surface area contributed by atoms with E-state index in [1.165, 1.54) is 0 Å². The van der Waals surface area contributed by atoms with Crippen molar-refractivity contribution in [1.82, 2.24) is 10.3 Å². The number of carboxylic acids is 1. The molecule has 0 saturated heterocycles. The summed E-state index contributed by atoms with van der Waals surface area (Å²) in [6.07, 6.45) is 5.45. The summed E-state index contributed by atoms with van der Waals surface area (Å²) in [4.78, 5) is 15.1. The SMILES string of the molecule is O=C(O)C1CCCC(NCc2nccs2)C1. The first-order valence-electron chi connectivity index (χ1n) is 5.60. The minimum absolute atomic E-state index is 0.164. The number of aliphatic carboxylic acids is 1. The molecule has 1 aliphatic rings. The van der Waals surface area contributed by atoms with Crippen LogP contribution in [0.5, 0.6) is 0 Å². The van der Waals surface area contributed by atoms with Gasteiger partial charge in [-0.05, 0) is 19.3 Å². The van der Waals surface area contributed by atoms with Crippen LogP contribution in [0.2, 0.25) is 0 Å². The van der Waals surface area contributed by atoms with Gasteiger partial charge in [-0.1, -0.05) is 6.42 Å². The molecule has 2 rings (SSSR count). The summed E-state index contributed by atoms with van der Waals surface area (Å²) in [5.74, 6) is -0.816.